The summed E-state index contributed by atoms with van der Waals surface area (Å²) in [6, 6.07) is 20.0. The lowest BCUT2D eigenvalue weighted by atomic mass is 10.2. The van der Waals surface area contributed by atoms with Crippen LogP contribution in [0.4, 0.5) is 17.1 Å². The number of benzene rings is 3. The normalized spacial score (nSPS) is 13.9. The molecule has 3 aromatic carbocycles. The number of pyridine rings is 1. The van der Waals surface area contributed by atoms with Crippen molar-refractivity contribution in [2.45, 2.75) is 4.90 Å². The van der Waals surface area contributed by atoms with Crippen molar-refractivity contribution in [2.75, 3.05) is 41.2 Å². The Kier molecular flexibility index (Phi) is 7.21. The fraction of sp³-hybridized carbons (Fsp3) is 0.154. The van der Waals surface area contributed by atoms with Crippen molar-refractivity contribution in [3.8, 4) is 0 Å². The van der Waals surface area contributed by atoms with E-state index >= 15 is 0 Å². The van der Waals surface area contributed by atoms with Gasteiger partial charge >= 0.3 is 0 Å². The van der Waals surface area contributed by atoms with Gasteiger partial charge in [0.1, 0.15) is 5.69 Å². The lowest BCUT2D eigenvalue weighted by molar-refractivity contribution is 0.102. The number of ether oxygens (including phenoxy) is 1. The molecule has 11 heteroatoms. The number of amides is 1. The Bertz CT molecular complexity index is 1590. The second-order valence-electron chi connectivity index (χ2n) is 8.35. The fourth-order valence-electron chi connectivity index (χ4n) is 4.02. The molecule has 0 saturated carbocycles. The smallest absolute Gasteiger partial charge is 0.274 e. The average molecular weight is 557 g/mol. The van der Waals surface area contributed by atoms with E-state index in [2.05, 4.69) is 15.0 Å². The molecular formula is C26H22Cl2N4O4S. The summed E-state index contributed by atoms with van der Waals surface area (Å²) in [4.78, 5) is 19.6. The van der Waals surface area contributed by atoms with Gasteiger partial charge in [-0.3, -0.25) is 9.52 Å². The Balaban J connectivity index is 1.50. The van der Waals surface area contributed by atoms with E-state index in [1.165, 1.54) is 24.3 Å². The molecule has 1 aliphatic heterocycles. The Morgan fingerprint density at radius 2 is 1.70 bits per heavy atom. The van der Waals surface area contributed by atoms with Crippen LogP contribution in [0.15, 0.2) is 77.7 Å². The van der Waals surface area contributed by atoms with E-state index in [0.29, 0.717) is 48.2 Å². The number of carbonyl (C=O) groups excluding carboxylic acids is 1. The largest absolute Gasteiger partial charge is 0.378 e. The number of aromatic nitrogens is 1. The van der Waals surface area contributed by atoms with Crippen LogP contribution in [0.25, 0.3) is 10.9 Å². The molecule has 2 heterocycles. The number of halogens is 2. The molecule has 4 aromatic rings. The summed E-state index contributed by atoms with van der Waals surface area (Å²) in [6.07, 6.45) is 0. The number of fused-ring (bicyclic) bond motifs is 1. The molecule has 0 unspecified atom stereocenters. The molecule has 5 rings (SSSR count). The SMILES string of the molecule is O=C(Nc1cc(S(=O)(=O)Nc2cc(Cl)ccc2Cl)ccc1N1CCOCC1)c1ccc2ccccc2n1. The molecule has 1 fully saturated rings. The summed E-state index contributed by atoms with van der Waals surface area (Å²) < 4.78 is 34.4. The minimum absolute atomic E-state index is 0.0534. The van der Waals surface area contributed by atoms with Crippen molar-refractivity contribution in [3.63, 3.8) is 0 Å². The van der Waals surface area contributed by atoms with Crippen molar-refractivity contribution in [1.29, 1.82) is 0 Å². The third-order valence-corrected chi connectivity index (χ3v) is 7.81. The number of anilines is 3. The molecule has 1 aromatic heterocycles. The third-order valence-electron chi connectivity index (χ3n) is 5.88. The number of carbonyl (C=O) groups is 1. The highest BCUT2D eigenvalue weighted by Gasteiger charge is 2.22. The van der Waals surface area contributed by atoms with Gasteiger partial charge in [-0.1, -0.05) is 47.5 Å². The van der Waals surface area contributed by atoms with Crippen molar-refractivity contribution < 1.29 is 17.9 Å². The maximum Gasteiger partial charge on any atom is 0.274 e. The zero-order valence-electron chi connectivity index (χ0n) is 19.4. The number of hydrogen-bond acceptors (Lipinski definition) is 6. The van der Waals surface area contributed by atoms with Crippen LogP contribution in [-0.4, -0.2) is 45.6 Å². The molecule has 0 bridgehead atoms. The van der Waals surface area contributed by atoms with E-state index < -0.39 is 15.9 Å². The number of nitrogens with one attached hydrogen (secondary N) is 2. The van der Waals surface area contributed by atoms with E-state index in [9.17, 15) is 13.2 Å². The molecule has 0 aliphatic carbocycles. The van der Waals surface area contributed by atoms with Gasteiger partial charge in [0.15, 0.2) is 0 Å². The zero-order valence-corrected chi connectivity index (χ0v) is 21.8. The number of rotatable bonds is 6. The summed E-state index contributed by atoms with van der Waals surface area (Å²) in [5.74, 6) is -0.458. The molecule has 0 spiro atoms. The van der Waals surface area contributed by atoms with Crippen LogP contribution in [0.2, 0.25) is 10.0 Å². The maximum absolute atomic E-state index is 13.2. The van der Waals surface area contributed by atoms with Gasteiger partial charge < -0.3 is 15.0 Å². The molecular weight excluding hydrogens is 535 g/mol. The average Bonchev–Trinajstić information content (AvgIpc) is 2.90. The van der Waals surface area contributed by atoms with Crippen LogP contribution < -0.4 is 14.9 Å². The molecule has 1 amide bonds. The van der Waals surface area contributed by atoms with Crippen LogP contribution in [0.3, 0.4) is 0 Å². The zero-order chi connectivity index (χ0) is 26.0. The Hall–Kier alpha value is -3.37. The van der Waals surface area contributed by atoms with Gasteiger partial charge in [-0.25, -0.2) is 13.4 Å². The van der Waals surface area contributed by atoms with Crippen LogP contribution in [0, 0.1) is 0 Å². The van der Waals surface area contributed by atoms with Crippen LogP contribution in [0.5, 0.6) is 0 Å². The maximum atomic E-state index is 13.2. The standard InChI is InChI=1S/C26H22Cl2N4O4S/c27-18-6-8-20(28)23(15-18)31-37(34,35)19-7-10-25(32-11-13-36-14-12-32)24(16-19)30-26(33)22-9-5-17-3-1-2-4-21(17)29-22/h1-10,15-16,31H,11-14H2,(H,30,33). The number of para-hydroxylation sites is 1. The second-order valence-corrected chi connectivity index (χ2v) is 10.9. The summed E-state index contributed by atoms with van der Waals surface area (Å²) >= 11 is 12.2. The highest BCUT2D eigenvalue weighted by molar-refractivity contribution is 7.92. The van der Waals surface area contributed by atoms with Gasteiger partial charge in [0, 0.05) is 23.5 Å². The predicted octanol–water partition coefficient (Wildman–Crippen LogP) is 5.43. The molecule has 8 nitrogen and oxygen atoms in total. The first-order valence-electron chi connectivity index (χ1n) is 11.4. The number of sulfonamides is 1. The quantitative estimate of drug-likeness (QED) is 0.328. The molecule has 0 atom stereocenters. The van der Waals surface area contributed by atoms with E-state index in [4.69, 9.17) is 27.9 Å². The van der Waals surface area contributed by atoms with E-state index in [1.54, 1.807) is 18.2 Å². The summed E-state index contributed by atoms with van der Waals surface area (Å²) in [7, 11) is -4.06. The lowest BCUT2D eigenvalue weighted by Gasteiger charge is -2.30. The molecule has 37 heavy (non-hydrogen) atoms. The Morgan fingerprint density at radius 3 is 2.51 bits per heavy atom. The second kappa shape index (κ2) is 10.5. The topological polar surface area (TPSA) is 101 Å². The summed E-state index contributed by atoms with van der Waals surface area (Å²) in [5.41, 5.74) is 2.06. The minimum Gasteiger partial charge on any atom is -0.378 e. The van der Waals surface area contributed by atoms with Crippen molar-refractivity contribution in [3.05, 3.63) is 88.5 Å². The first-order valence-corrected chi connectivity index (χ1v) is 13.7. The van der Waals surface area contributed by atoms with Gasteiger partial charge in [0.25, 0.3) is 15.9 Å². The van der Waals surface area contributed by atoms with Gasteiger partial charge in [-0.2, -0.15) is 0 Å². The van der Waals surface area contributed by atoms with Crippen LogP contribution in [-0.2, 0) is 14.8 Å². The first-order chi connectivity index (χ1) is 17.8. The highest BCUT2D eigenvalue weighted by atomic mass is 35.5. The number of morpholine rings is 1. The third kappa shape index (κ3) is 5.65. The van der Waals surface area contributed by atoms with E-state index in [1.807, 2.05) is 35.2 Å². The highest BCUT2D eigenvalue weighted by Crippen LogP contribution is 2.32. The molecule has 1 aliphatic rings. The monoisotopic (exact) mass is 556 g/mol. The van der Waals surface area contributed by atoms with Crippen LogP contribution in [0.1, 0.15) is 10.5 Å². The van der Waals surface area contributed by atoms with Crippen molar-refractivity contribution >= 4 is 67.1 Å². The summed E-state index contributed by atoms with van der Waals surface area (Å²) in [6.45, 7) is 2.24. The van der Waals surface area contributed by atoms with Crippen LogP contribution >= 0.6 is 23.2 Å². The number of hydrogen-bond donors (Lipinski definition) is 2. The van der Waals surface area contributed by atoms with Gasteiger partial charge in [0.2, 0.25) is 0 Å². The molecule has 190 valence electrons. The molecule has 2 N–H and O–H groups in total. The number of nitrogens with zero attached hydrogens (tertiary/aromatic N) is 2. The Morgan fingerprint density at radius 1 is 0.919 bits per heavy atom. The molecule has 1 saturated heterocycles. The Labute approximate surface area is 224 Å². The summed E-state index contributed by atoms with van der Waals surface area (Å²) in [5, 5.41) is 4.31. The van der Waals surface area contributed by atoms with Crippen molar-refractivity contribution in [2.24, 2.45) is 0 Å². The molecule has 0 radical (unpaired) electrons. The van der Waals surface area contributed by atoms with Gasteiger partial charge in [0.05, 0.1) is 45.7 Å². The van der Waals surface area contributed by atoms with E-state index in [0.717, 1.165) is 5.39 Å². The van der Waals surface area contributed by atoms with Gasteiger partial charge in [-0.15, -0.1) is 0 Å². The van der Waals surface area contributed by atoms with E-state index in [-0.39, 0.29) is 21.3 Å². The van der Waals surface area contributed by atoms with Gasteiger partial charge in [-0.05, 0) is 48.5 Å². The minimum atomic E-state index is -4.06. The first kappa shape index (κ1) is 25.3. The lowest BCUT2D eigenvalue weighted by Crippen LogP contribution is -2.36. The fourth-order valence-corrected chi connectivity index (χ4v) is 5.51. The van der Waals surface area contributed by atoms with Crippen molar-refractivity contribution in [1.82, 2.24) is 4.98 Å². The predicted molar refractivity (Wildman–Crippen MR) is 146 cm³/mol.